The van der Waals surface area contributed by atoms with Gasteiger partial charge in [-0.25, -0.2) is 0 Å². The SMILES string of the molecule is O=C(C(c1cccc(Cl)c1)C(F)(F)F)C(c1cccc(Cl)c1)C(F)(F)F. The van der Waals surface area contributed by atoms with Crippen LogP contribution in [0.1, 0.15) is 23.0 Å². The van der Waals surface area contributed by atoms with Crippen molar-refractivity contribution in [2.24, 2.45) is 0 Å². The monoisotopic (exact) mass is 414 g/mol. The molecule has 0 saturated carbocycles. The van der Waals surface area contributed by atoms with E-state index in [-0.39, 0.29) is 10.0 Å². The van der Waals surface area contributed by atoms with Crippen molar-refractivity contribution < 1.29 is 31.1 Å². The van der Waals surface area contributed by atoms with Crippen LogP contribution in [0.25, 0.3) is 0 Å². The Morgan fingerprint density at radius 2 is 1.08 bits per heavy atom. The fourth-order valence-electron chi connectivity index (χ4n) is 2.57. The highest BCUT2D eigenvalue weighted by molar-refractivity contribution is 6.31. The number of carbonyl (C=O) groups is 1. The molecule has 0 amide bonds. The van der Waals surface area contributed by atoms with Crippen LogP contribution in [0.15, 0.2) is 48.5 Å². The Kier molecular flexibility index (Phi) is 5.92. The highest BCUT2D eigenvalue weighted by Gasteiger charge is 2.55. The van der Waals surface area contributed by atoms with Gasteiger partial charge >= 0.3 is 12.4 Å². The van der Waals surface area contributed by atoms with Crippen LogP contribution >= 0.6 is 23.2 Å². The average molecular weight is 415 g/mol. The molecule has 26 heavy (non-hydrogen) atoms. The molecule has 0 spiro atoms. The molecule has 2 rings (SSSR count). The highest BCUT2D eigenvalue weighted by Crippen LogP contribution is 2.45. The summed E-state index contributed by atoms with van der Waals surface area (Å²) in [6.07, 6.45) is -10.5. The topological polar surface area (TPSA) is 17.1 Å². The van der Waals surface area contributed by atoms with Gasteiger partial charge in [-0.05, 0) is 35.4 Å². The normalized spacial score (nSPS) is 14.8. The molecule has 2 unspecified atom stereocenters. The van der Waals surface area contributed by atoms with Gasteiger partial charge in [0.1, 0.15) is 11.8 Å². The summed E-state index contributed by atoms with van der Waals surface area (Å²) in [5, 5.41) is -0.258. The predicted octanol–water partition coefficient (Wildman–Crippen LogP) is 6.55. The zero-order chi connectivity index (χ0) is 19.7. The number of carbonyl (C=O) groups excluding carboxylic acids is 1. The molecule has 1 nitrogen and oxygen atoms in total. The molecule has 0 heterocycles. The summed E-state index contributed by atoms with van der Waals surface area (Å²) >= 11 is 11.3. The molecule has 0 bridgehead atoms. The number of ketones is 1. The van der Waals surface area contributed by atoms with Gasteiger partial charge in [0.15, 0.2) is 5.78 Å². The summed E-state index contributed by atoms with van der Waals surface area (Å²) < 4.78 is 80.8. The van der Waals surface area contributed by atoms with Crippen molar-refractivity contribution in [2.75, 3.05) is 0 Å². The quantitative estimate of drug-likeness (QED) is 0.518. The van der Waals surface area contributed by atoms with Crippen LogP contribution < -0.4 is 0 Å². The zero-order valence-electron chi connectivity index (χ0n) is 12.7. The van der Waals surface area contributed by atoms with E-state index in [0.717, 1.165) is 36.4 Å². The van der Waals surface area contributed by atoms with E-state index in [2.05, 4.69) is 0 Å². The van der Waals surface area contributed by atoms with Crippen molar-refractivity contribution in [1.82, 2.24) is 0 Å². The van der Waals surface area contributed by atoms with Gasteiger partial charge in [-0.2, -0.15) is 26.3 Å². The van der Waals surface area contributed by atoms with E-state index in [0.29, 0.717) is 0 Å². The van der Waals surface area contributed by atoms with E-state index >= 15 is 0 Å². The molecule has 0 aliphatic rings. The molecule has 0 fully saturated rings. The van der Waals surface area contributed by atoms with Crippen LogP contribution in [0, 0.1) is 0 Å². The number of benzene rings is 2. The Morgan fingerprint density at radius 3 is 1.35 bits per heavy atom. The van der Waals surface area contributed by atoms with Gasteiger partial charge in [-0.15, -0.1) is 0 Å². The number of hydrogen-bond donors (Lipinski definition) is 0. The Labute approximate surface area is 154 Å². The van der Waals surface area contributed by atoms with Crippen molar-refractivity contribution in [3.63, 3.8) is 0 Å². The molecule has 0 aromatic heterocycles. The Morgan fingerprint density at radius 1 is 0.731 bits per heavy atom. The minimum Gasteiger partial charge on any atom is -0.298 e. The number of rotatable bonds is 4. The third-order valence-corrected chi connectivity index (χ3v) is 4.06. The standard InChI is InChI=1S/C17H10Cl2F6O/c18-11-5-1-3-9(7-11)13(16(20,21)22)15(26)14(17(23,24)25)10-4-2-6-12(19)8-10/h1-8,13-14H. The first-order valence-electron chi connectivity index (χ1n) is 7.09. The minimum atomic E-state index is -5.23. The molecule has 2 atom stereocenters. The molecule has 9 heteroatoms. The number of Topliss-reactive ketones (excluding diaryl/α,β-unsaturated/α-hetero) is 1. The van der Waals surface area contributed by atoms with E-state index in [1.54, 1.807) is 0 Å². The molecule has 2 aromatic carbocycles. The van der Waals surface area contributed by atoms with Crippen LogP contribution in [0.5, 0.6) is 0 Å². The Hall–Kier alpha value is -1.73. The summed E-state index contributed by atoms with van der Waals surface area (Å²) in [5.74, 6) is -8.01. The largest absolute Gasteiger partial charge is 0.402 e. The van der Waals surface area contributed by atoms with Crippen LogP contribution in [0.2, 0.25) is 10.0 Å². The first kappa shape index (κ1) is 20.6. The zero-order valence-corrected chi connectivity index (χ0v) is 14.2. The number of alkyl halides is 6. The smallest absolute Gasteiger partial charge is 0.298 e. The van der Waals surface area contributed by atoms with E-state index in [9.17, 15) is 31.1 Å². The maximum atomic E-state index is 13.5. The maximum Gasteiger partial charge on any atom is 0.402 e. The molecule has 0 aliphatic carbocycles. The summed E-state index contributed by atoms with van der Waals surface area (Å²) in [7, 11) is 0. The lowest BCUT2D eigenvalue weighted by Crippen LogP contribution is -2.38. The van der Waals surface area contributed by atoms with Gasteiger partial charge in [-0.1, -0.05) is 47.5 Å². The lowest BCUT2D eigenvalue weighted by atomic mass is 9.83. The first-order chi connectivity index (χ1) is 11.9. The van der Waals surface area contributed by atoms with Crippen molar-refractivity contribution in [3.8, 4) is 0 Å². The van der Waals surface area contributed by atoms with Crippen LogP contribution in [0.4, 0.5) is 26.3 Å². The fraction of sp³-hybridized carbons (Fsp3) is 0.235. The summed E-state index contributed by atoms with van der Waals surface area (Å²) in [6.45, 7) is 0. The summed E-state index contributed by atoms with van der Waals surface area (Å²) in [6, 6.07) is 8.23. The van der Waals surface area contributed by atoms with Crippen molar-refractivity contribution in [2.45, 2.75) is 24.2 Å². The third-order valence-electron chi connectivity index (χ3n) is 3.59. The van der Waals surface area contributed by atoms with Gasteiger partial charge in [0.25, 0.3) is 0 Å². The summed E-state index contributed by atoms with van der Waals surface area (Å²) in [5.41, 5.74) is -1.32. The van der Waals surface area contributed by atoms with Gasteiger partial charge < -0.3 is 0 Å². The van der Waals surface area contributed by atoms with Gasteiger partial charge in [0, 0.05) is 10.0 Å². The van der Waals surface area contributed by atoms with E-state index < -0.39 is 41.1 Å². The Bertz CT molecular complexity index is 735. The van der Waals surface area contributed by atoms with Gasteiger partial charge in [0.05, 0.1) is 0 Å². The molecule has 140 valence electrons. The average Bonchev–Trinajstić information content (AvgIpc) is 2.44. The second-order valence-corrected chi connectivity index (χ2v) is 6.33. The fourth-order valence-corrected chi connectivity index (χ4v) is 2.97. The molecule has 0 saturated heterocycles. The molecular weight excluding hydrogens is 405 g/mol. The molecular formula is C17H10Cl2F6O. The predicted molar refractivity (Wildman–Crippen MR) is 85.5 cm³/mol. The van der Waals surface area contributed by atoms with Gasteiger partial charge in [0.2, 0.25) is 0 Å². The first-order valence-corrected chi connectivity index (χ1v) is 7.85. The van der Waals surface area contributed by atoms with E-state index in [1.165, 1.54) is 12.1 Å². The third kappa shape index (κ3) is 4.71. The van der Waals surface area contributed by atoms with Crippen molar-refractivity contribution >= 4 is 29.0 Å². The lowest BCUT2D eigenvalue weighted by molar-refractivity contribution is -0.183. The minimum absolute atomic E-state index is 0.129. The maximum absolute atomic E-state index is 13.5. The van der Waals surface area contributed by atoms with Crippen molar-refractivity contribution in [1.29, 1.82) is 0 Å². The van der Waals surface area contributed by atoms with Crippen LogP contribution in [0.3, 0.4) is 0 Å². The van der Waals surface area contributed by atoms with Gasteiger partial charge in [-0.3, -0.25) is 4.79 Å². The number of hydrogen-bond acceptors (Lipinski definition) is 1. The molecule has 0 aliphatic heterocycles. The second kappa shape index (κ2) is 7.48. The Balaban J connectivity index is 2.60. The van der Waals surface area contributed by atoms with E-state index in [1.807, 2.05) is 0 Å². The lowest BCUT2D eigenvalue weighted by Gasteiger charge is -2.26. The highest BCUT2D eigenvalue weighted by atomic mass is 35.5. The second-order valence-electron chi connectivity index (χ2n) is 5.46. The van der Waals surface area contributed by atoms with E-state index in [4.69, 9.17) is 23.2 Å². The number of halogens is 8. The molecule has 0 N–H and O–H groups in total. The van der Waals surface area contributed by atoms with Crippen molar-refractivity contribution in [3.05, 3.63) is 69.7 Å². The van der Waals surface area contributed by atoms with Crippen LogP contribution in [-0.4, -0.2) is 18.1 Å². The molecule has 2 aromatic rings. The van der Waals surface area contributed by atoms with Crippen LogP contribution in [-0.2, 0) is 4.79 Å². The summed E-state index contributed by atoms with van der Waals surface area (Å²) in [4.78, 5) is 12.4. The molecule has 0 radical (unpaired) electrons.